The smallest absolute Gasteiger partial charge is 0.251 e. The summed E-state index contributed by atoms with van der Waals surface area (Å²) in [5.41, 5.74) is 1.50. The number of ether oxygens (including phenoxy) is 3. The predicted molar refractivity (Wildman–Crippen MR) is 91.7 cm³/mol. The van der Waals surface area contributed by atoms with Gasteiger partial charge in [0.1, 0.15) is 12.5 Å². The van der Waals surface area contributed by atoms with Crippen molar-refractivity contribution in [2.24, 2.45) is 0 Å². The fourth-order valence-electron chi connectivity index (χ4n) is 2.12. The number of carbonyl (C=O) groups excluding carboxylic acids is 1. The number of hydrogen-bond donors (Lipinski definition) is 2. The first kappa shape index (κ1) is 17.6. The van der Waals surface area contributed by atoms with E-state index < -0.39 is 0 Å². The summed E-state index contributed by atoms with van der Waals surface area (Å²) < 4.78 is 15.8. The second kappa shape index (κ2) is 8.79. The molecular formula is C18H22N2O4. The van der Waals surface area contributed by atoms with E-state index in [4.69, 9.17) is 14.2 Å². The largest absolute Gasteiger partial charge is 0.493 e. The van der Waals surface area contributed by atoms with Gasteiger partial charge in [0.15, 0.2) is 11.5 Å². The second-order valence-corrected chi connectivity index (χ2v) is 5.04. The van der Waals surface area contributed by atoms with Crippen LogP contribution in [0.5, 0.6) is 17.2 Å². The van der Waals surface area contributed by atoms with Crippen LogP contribution in [-0.4, -0.2) is 33.9 Å². The van der Waals surface area contributed by atoms with E-state index in [-0.39, 0.29) is 5.91 Å². The first-order chi connectivity index (χ1) is 11.7. The van der Waals surface area contributed by atoms with Crippen molar-refractivity contribution in [1.29, 1.82) is 0 Å². The summed E-state index contributed by atoms with van der Waals surface area (Å²) >= 11 is 0. The van der Waals surface area contributed by atoms with E-state index in [0.29, 0.717) is 30.3 Å². The summed E-state index contributed by atoms with van der Waals surface area (Å²) in [6.07, 6.45) is 0. The van der Waals surface area contributed by atoms with Crippen LogP contribution in [0.1, 0.15) is 15.9 Å². The van der Waals surface area contributed by atoms with Crippen LogP contribution in [0.3, 0.4) is 0 Å². The Morgan fingerprint density at radius 3 is 2.33 bits per heavy atom. The molecule has 0 spiro atoms. The van der Waals surface area contributed by atoms with E-state index >= 15 is 0 Å². The minimum Gasteiger partial charge on any atom is -0.493 e. The summed E-state index contributed by atoms with van der Waals surface area (Å²) in [5.74, 6) is 1.72. The molecule has 0 aromatic heterocycles. The first-order valence-electron chi connectivity index (χ1n) is 7.54. The molecule has 2 aromatic rings. The molecule has 2 aromatic carbocycles. The Morgan fingerprint density at radius 1 is 1.00 bits per heavy atom. The fourth-order valence-corrected chi connectivity index (χ4v) is 2.12. The summed E-state index contributed by atoms with van der Waals surface area (Å²) in [7, 11) is 4.91. The van der Waals surface area contributed by atoms with Gasteiger partial charge < -0.3 is 19.5 Å². The predicted octanol–water partition coefficient (Wildman–Crippen LogP) is 2.19. The lowest BCUT2D eigenvalue weighted by molar-refractivity contribution is 0.0950. The molecule has 0 saturated heterocycles. The van der Waals surface area contributed by atoms with E-state index in [0.717, 1.165) is 11.3 Å². The number of rotatable bonds is 8. The highest BCUT2D eigenvalue weighted by molar-refractivity contribution is 5.94. The van der Waals surface area contributed by atoms with Crippen LogP contribution in [0.2, 0.25) is 0 Å². The molecule has 1 amide bonds. The molecule has 0 heterocycles. The van der Waals surface area contributed by atoms with Crippen molar-refractivity contribution in [2.45, 2.75) is 6.54 Å². The summed E-state index contributed by atoms with van der Waals surface area (Å²) in [5, 5.41) is 5.79. The molecule has 0 bridgehead atoms. The molecule has 128 valence electrons. The average Bonchev–Trinajstić information content (AvgIpc) is 2.64. The van der Waals surface area contributed by atoms with Gasteiger partial charge in [-0.05, 0) is 42.9 Å². The van der Waals surface area contributed by atoms with Crippen LogP contribution < -0.4 is 24.8 Å². The zero-order valence-corrected chi connectivity index (χ0v) is 14.1. The monoisotopic (exact) mass is 330 g/mol. The number of amides is 1. The Balaban J connectivity index is 1.95. The third-order valence-electron chi connectivity index (χ3n) is 3.41. The Labute approximate surface area is 141 Å². The first-order valence-corrected chi connectivity index (χ1v) is 7.54. The molecule has 0 aliphatic heterocycles. The maximum atomic E-state index is 12.3. The van der Waals surface area contributed by atoms with E-state index in [1.807, 2.05) is 31.3 Å². The van der Waals surface area contributed by atoms with Crippen molar-refractivity contribution in [3.8, 4) is 17.2 Å². The molecule has 0 unspecified atom stereocenters. The molecule has 0 saturated carbocycles. The van der Waals surface area contributed by atoms with E-state index in [2.05, 4.69) is 10.6 Å². The van der Waals surface area contributed by atoms with Crippen LogP contribution >= 0.6 is 0 Å². The molecule has 0 aliphatic carbocycles. The minimum atomic E-state index is -0.175. The van der Waals surface area contributed by atoms with Crippen LogP contribution in [0.4, 0.5) is 0 Å². The van der Waals surface area contributed by atoms with Crippen LogP contribution in [0, 0.1) is 0 Å². The van der Waals surface area contributed by atoms with Gasteiger partial charge >= 0.3 is 0 Å². The molecule has 24 heavy (non-hydrogen) atoms. The molecule has 6 nitrogen and oxygen atoms in total. The number of carbonyl (C=O) groups is 1. The summed E-state index contributed by atoms with van der Waals surface area (Å²) in [4.78, 5) is 12.3. The van der Waals surface area contributed by atoms with Gasteiger partial charge in [0.2, 0.25) is 0 Å². The third-order valence-corrected chi connectivity index (χ3v) is 3.41. The van der Waals surface area contributed by atoms with Gasteiger partial charge in [-0.3, -0.25) is 10.1 Å². The quantitative estimate of drug-likeness (QED) is 0.726. The van der Waals surface area contributed by atoms with E-state index in [9.17, 15) is 4.79 Å². The summed E-state index contributed by atoms with van der Waals surface area (Å²) in [6, 6.07) is 12.6. The zero-order valence-electron chi connectivity index (χ0n) is 14.1. The van der Waals surface area contributed by atoms with Gasteiger partial charge in [0, 0.05) is 12.1 Å². The van der Waals surface area contributed by atoms with Crippen molar-refractivity contribution >= 4 is 5.91 Å². The molecule has 2 rings (SSSR count). The second-order valence-electron chi connectivity index (χ2n) is 5.04. The van der Waals surface area contributed by atoms with Gasteiger partial charge in [-0.1, -0.05) is 12.1 Å². The van der Waals surface area contributed by atoms with E-state index in [1.165, 1.54) is 7.11 Å². The van der Waals surface area contributed by atoms with Crippen LogP contribution in [0.25, 0.3) is 0 Å². The normalized spacial score (nSPS) is 10.1. The van der Waals surface area contributed by atoms with Crippen molar-refractivity contribution < 1.29 is 19.0 Å². The lowest BCUT2D eigenvalue weighted by Crippen LogP contribution is -2.22. The SMILES string of the molecule is CNCOc1ccc(CNC(=O)c2ccc(OC)c(OC)c2)cc1. The molecule has 0 radical (unpaired) electrons. The molecule has 2 N–H and O–H groups in total. The zero-order chi connectivity index (χ0) is 17.4. The van der Waals surface area contributed by atoms with Gasteiger partial charge in [-0.25, -0.2) is 0 Å². The van der Waals surface area contributed by atoms with Crippen LogP contribution in [-0.2, 0) is 6.54 Å². The van der Waals surface area contributed by atoms with Gasteiger partial charge in [0.05, 0.1) is 14.2 Å². The van der Waals surface area contributed by atoms with Crippen molar-refractivity contribution in [3.05, 3.63) is 53.6 Å². The number of methoxy groups -OCH3 is 2. The highest BCUT2D eigenvalue weighted by Crippen LogP contribution is 2.27. The molecule has 0 fully saturated rings. The lowest BCUT2D eigenvalue weighted by Gasteiger charge is -2.10. The molecular weight excluding hydrogens is 308 g/mol. The number of nitrogens with one attached hydrogen (secondary N) is 2. The lowest BCUT2D eigenvalue weighted by atomic mass is 10.1. The minimum absolute atomic E-state index is 0.175. The highest BCUT2D eigenvalue weighted by Gasteiger charge is 2.10. The van der Waals surface area contributed by atoms with Gasteiger partial charge in [-0.15, -0.1) is 0 Å². The molecule has 0 atom stereocenters. The Hall–Kier alpha value is -2.73. The Morgan fingerprint density at radius 2 is 1.71 bits per heavy atom. The maximum Gasteiger partial charge on any atom is 0.251 e. The molecule has 0 aliphatic rings. The fraction of sp³-hybridized carbons (Fsp3) is 0.278. The van der Waals surface area contributed by atoms with Crippen molar-refractivity contribution in [3.63, 3.8) is 0 Å². The van der Waals surface area contributed by atoms with Gasteiger partial charge in [0.25, 0.3) is 5.91 Å². The van der Waals surface area contributed by atoms with Crippen molar-refractivity contribution in [2.75, 3.05) is 28.0 Å². The van der Waals surface area contributed by atoms with E-state index in [1.54, 1.807) is 25.3 Å². The highest BCUT2D eigenvalue weighted by atomic mass is 16.5. The Kier molecular flexibility index (Phi) is 6.45. The third kappa shape index (κ3) is 4.63. The standard InChI is InChI=1S/C18H22N2O4/c1-19-12-24-15-7-4-13(5-8-15)11-20-18(21)14-6-9-16(22-2)17(10-14)23-3/h4-10,19H,11-12H2,1-3H3,(H,20,21). The van der Waals surface area contributed by atoms with Gasteiger partial charge in [-0.2, -0.15) is 0 Å². The maximum absolute atomic E-state index is 12.3. The Bertz CT molecular complexity index is 671. The molecule has 6 heteroatoms. The summed E-state index contributed by atoms with van der Waals surface area (Å²) in [6.45, 7) is 0.884. The topological polar surface area (TPSA) is 68.8 Å². The van der Waals surface area contributed by atoms with Crippen LogP contribution in [0.15, 0.2) is 42.5 Å². The average molecular weight is 330 g/mol. The number of hydrogen-bond acceptors (Lipinski definition) is 5. The van der Waals surface area contributed by atoms with Crippen molar-refractivity contribution in [1.82, 2.24) is 10.6 Å². The number of benzene rings is 2.